The molecule has 0 fully saturated rings. The third-order valence-electron chi connectivity index (χ3n) is 2.18. The highest BCUT2D eigenvalue weighted by atomic mass is 35.5. The molecule has 0 atom stereocenters. The van der Waals surface area contributed by atoms with Crippen molar-refractivity contribution in [3.63, 3.8) is 0 Å². The molecular formula is C11H10ClN3OS. The monoisotopic (exact) mass is 267 g/mol. The summed E-state index contributed by atoms with van der Waals surface area (Å²) in [5.74, 6) is 0.109. The molecule has 0 aliphatic carbocycles. The molecule has 1 heterocycles. The average molecular weight is 268 g/mol. The Morgan fingerprint density at radius 1 is 1.41 bits per heavy atom. The predicted octanol–water partition coefficient (Wildman–Crippen LogP) is 2.65. The van der Waals surface area contributed by atoms with Gasteiger partial charge in [-0.05, 0) is 24.3 Å². The first kappa shape index (κ1) is 11.9. The molecule has 88 valence electrons. The van der Waals surface area contributed by atoms with Crippen LogP contribution in [0.1, 0.15) is 15.2 Å². The molecule has 6 heteroatoms. The Morgan fingerprint density at radius 3 is 2.59 bits per heavy atom. The number of carbonyl (C=O) groups is 1. The number of aromatic nitrogens is 1. The SMILES string of the molecule is CNc1nc(N)c(C(=O)c2ccc(Cl)cc2)s1. The molecular weight excluding hydrogens is 258 g/mol. The number of nitrogen functional groups attached to an aromatic ring is 1. The second-order valence-corrected chi connectivity index (χ2v) is 4.75. The summed E-state index contributed by atoms with van der Waals surface area (Å²) in [7, 11) is 1.73. The van der Waals surface area contributed by atoms with Crippen LogP contribution < -0.4 is 11.1 Å². The summed E-state index contributed by atoms with van der Waals surface area (Å²) >= 11 is 7.00. The lowest BCUT2D eigenvalue weighted by Gasteiger charge is -1.98. The number of halogens is 1. The number of carbonyl (C=O) groups excluding carboxylic acids is 1. The molecule has 4 nitrogen and oxygen atoms in total. The third-order valence-corrected chi connectivity index (χ3v) is 3.52. The third kappa shape index (κ3) is 2.40. The molecule has 1 aromatic carbocycles. The zero-order valence-corrected chi connectivity index (χ0v) is 10.6. The Kier molecular flexibility index (Phi) is 3.31. The lowest BCUT2D eigenvalue weighted by atomic mass is 10.1. The minimum atomic E-state index is -0.141. The van der Waals surface area contributed by atoms with Crippen molar-refractivity contribution in [2.24, 2.45) is 0 Å². The van der Waals surface area contributed by atoms with Gasteiger partial charge in [-0.3, -0.25) is 4.79 Å². The van der Waals surface area contributed by atoms with Crippen molar-refractivity contribution in [1.82, 2.24) is 4.98 Å². The fourth-order valence-corrected chi connectivity index (χ4v) is 2.26. The maximum atomic E-state index is 12.1. The van der Waals surface area contributed by atoms with E-state index in [0.717, 1.165) is 0 Å². The molecule has 0 aliphatic heterocycles. The van der Waals surface area contributed by atoms with E-state index < -0.39 is 0 Å². The minimum Gasteiger partial charge on any atom is -0.382 e. The van der Waals surface area contributed by atoms with Crippen molar-refractivity contribution >= 4 is 39.7 Å². The Balaban J connectivity index is 2.36. The smallest absolute Gasteiger partial charge is 0.206 e. The van der Waals surface area contributed by atoms with Crippen LogP contribution >= 0.6 is 22.9 Å². The summed E-state index contributed by atoms with van der Waals surface area (Å²) in [6, 6.07) is 6.68. The Morgan fingerprint density at radius 2 is 2.06 bits per heavy atom. The maximum absolute atomic E-state index is 12.1. The molecule has 17 heavy (non-hydrogen) atoms. The van der Waals surface area contributed by atoms with Gasteiger partial charge in [0.05, 0.1) is 0 Å². The second kappa shape index (κ2) is 4.73. The summed E-state index contributed by atoms with van der Waals surface area (Å²) in [4.78, 5) is 16.6. The highest BCUT2D eigenvalue weighted by Crippen LogP contribution is 2.27. The van der Waals surface area contributed by atoms with Gasteiger partial charge in [-0.2, -0.15) is 0 Å². The lowest BCUT2D eigenvalue weighted by molar-refractivity contribution is 0.104. The van der Waals surface area contributed by atoms with Crippen LogP contribution in [-0.4, -0.2) is 17.8 Å². The number of nitrogens with zero attached hydrogens (tertiary/aromatic N) is 1. The van der Waals surface area contributed by atoms with Crippen LogP contribution in [0.2, 0.25) is 5.02 Å². The minimum absolute atomic E-state index is 0.141. The Bertz CT molecular complexity index is 550. The van der Waals surface area contributed by atoms with E-state index in [4.69, 9.17) is 17.3 Å². The van der Waals surface area contributed by atoms with Crippen molar-refractivity contribution in [3.8, 4) is 0 Å². The van der Waals surface area contributed by atoms with Crippen LogP contribution in [-0.2, 0) is 0 Å². The van der Waals surface area contributed by atoms with Crippen LogP contribution in [0.3, 0.4) is 0 Å². The van der Waals surface area contributed by atoms with Gasteiger partial charge in [0.2, 0.25) is 5.78 Å². The van der Waals surface area contributed by atoms with Gasteiger partial charge in [0.1, 0.15) is 10.7 Å². The zero-order chi connectivity index (χ0) is 12.4. The van der Waals surface area contributed by atoms with Gasteiger partial charge in [-0.1, -0.05) is 22.9 Å². The lowest BCUT2D eigenvalue weighted by Crippen LogP contribution is -2.02. The van der Waals surface area contributed by atoms with Crippen LogP contribution in [0, 0.1) is 0 Å². The second-order valence-electron chi connectivity index (χ2n) is 3.32. The molecule has 2 rings (SSSR count). The first-order chi connectivity index (χ1) is 8.11. The van der Waals surface area contributed by atoms with E-state index in [1.165, 1.54) is 11.3 Å². The van der Waals surface area contributed by atoms with Gasteiger partial charge in [0, 0.05) is 17.6 Å². The van der Waals surface area contributed by atoms with Crippen molar-refractivity contribution in [2.75, 3.05) is 18.1 Å². The fraction of sp³-hybridized carbons (Fsp3) is 0.0909. The van der Waals surface area contributed by atoms with E-state index in [-0.39, 0.29) is 11.6 Å². The van der Waals surface area contributed by atoms with Crippen molar-refractivity contribution < 1.29 is 4.79 Å². The number of thiazole rings is 1. The normalized spacial score (nSPS) is 10.2. The van der Waals surface area contributed by atoms with Crippen molar-refractivity contribution in [3.05, 3.63) is 39.7 Å². The van der Waals surface area contributed by atoms with Crippen molar-refractivity contribution in [1.29, 1.82) is 0 Å². The summed E-state index contributed by atoms with van der Waals surface area (Å²) in [6.45, 7) is 0. The molecule has 0 radical (unpaired) electrons. The number of nitrogens with two attached hydrogens (primary N) is 1. The van der Waals surface area contributed by atoms with Gasteiger partial charge in [-0.15, -0.1) is 0 Å². The van der Waals surface area contributed by atoms with E-state index in [0.29, 0.717) is 20.6 Å². The molecule has 0 amide bonds. The number of ketones is 1. The highest BCUT2D eigenvalue weighted by Gasteiger charge is 2.17. The molecule has 1 aromatic heterocycles. The summed E-state index contributed by atoms with van der Waals surface area (Å²) in [6.07, 6.45) is 0. The first-order valence-corrected chi connectivity index (χ1v) is 6.05. The molecule has 0 spiro atoms. The Labute approximate surface area is 107 Å². The van der Waals surface area contributed by atoms with Gasteiger partial charge in [0.25, 0.3) is 0 Å². The summed E-state index contributed by atoms with van der Waals surface area (Å²) < 4.78 is 0. The number of rotatable bonds is 3. The number of benzene rings is 1. The molecule has 2 aromatic rings. The molecule has 0 bridgehead atoms. The number of hydrogen-bond acceptors (Lipinski definition) is 5. The topological polar surface area (TPSA) is 68.0 Å². The average Bonchev–Trinajstić information content (AvgIpc) is 2.71. The van der Waals surface area contributed by atoms with Gasteiger partial charge < -0.3 is 11.1 Å². The largest absolute Gasteiger partial charge is 0.382 e. The van der Waals surface area contributed by atoms with Crippen LogP contribution in [0.15, 0.2) is 24.3 Å². The standard InChI is InChI=1S/C11H10ClN3OS/c1-14-11-15-10(13)9(17-11)8(16)6-2-4-7(12)5-3-6/h2-5H,13H2,1H3,(H,14,15). The van der Waals surface area contributed by atoms with E-state index in [2.05, 4.69) is 10.3 Å². The number of nitrogens with one attached hydrogen (secondary N) is 1. The number of hydrogen-bond donors (Lipinski definition) is 2. The Hall–Kier alpha value is -1.59. The van der Waals surface area contributed by atoms with Crippen LogP contribution in [0.5, 0.6) is 0 Å². The highest BCUT2D eigenvalue weighted by molar-refractivity contribution is 7.18. The van der Waals surface area contributed by atoms with E-state index in [1.54, 1.807) is 31.3 Å². The van der Waals surface area contributed by atoms with Gasteiger partial charge >= 0.3 is 0 Å². The fourth-order valence-electron chi connectivity index (χ4n) is 1.33. The first-order valence-electron chi connectivity index (χ1n) is 4.86. The van der Waals surface area contributed by atoms with Gasteiger partial charge in [-0.25, -0.2) is 4.98 Å². The van der Waals surface area contributed by atoms with E-state index >= 15 is 0 Å². The van der Waals surface area contributed by atoms with Crippen LogP contribution in [0.25, 0.3) is 0 Å². The van der Waals surface area contributed by atoms with Crippen LogP contribution in [0.4, 0.5) is 10.9 Å². The molecule has 0 aliphatic rings. The molecule has 0 saturated heterocycles. The molecule has 0 saturated carbocycles. The maximum Gasteiger partial charge on any atom is 0.206 e. The quantitative estimate of drug-likeness (QED) is 0.839. The van der Waals surface area contributed by atoms with E-state index in [1.807, 2.05) is 0 Å². The van der Waals surface area contributed by atoms with E-state index in [9.17, 15) is 4.79 Å². The van der Waals surface area contributed by atoms with Crippen molar-refractivity contribution in [2.45, 2.75) is 0 Å². The summed E-state index contributed by atoms with van der Waals surface area (Å²) in [5, 5.41) is 4.07. The summed E-state index contributed by atoms with van der Waals surface area (Å²) in [5.41, 5.74) is 6.25. The molecule has 0 unspecified atom stereocenters. The van der Waals surface area contributed by atoms with Gasteiger partial charge in [0.15, 0.2) is 5.13 Å². The zero-order valence-electron chi connectivity index (χ0n) is 9.03. The number of anilines is 2. The molecule has 3 N–H and O–H groups in total. The predicted molar refractivity (Wildman–Crippen MR) is 71.0 cm³/mol.